The van der Waals surface area contributed by atoms with Crippen LogP contribution < -0.4 is 5.56 Å². The van der Waals surface area contributed by atoms with Crippen molar-refractivity contribution in [3.63, 3.8) is 0 Å². The van der Waals surface area contributed by atoms with Crippen LogP contribution in [0.25, 0.3) is 0 Å². The Balaban J connectivity index is 1.73. The number of unbranched alkanes of at least 4 members (excludes halogenated alkanes) is 1. The average Bonchev–Trinajstić information content (AvgIpc) is 3.37. The highest BCUT2D eigenvalue weighted by Crippen LogP contribution is 2.30. The number of pyridine rings is 1. The highest BCUT2D eigenvalue weighted by atomic mass is 35.5. The van der Waals surface area contributed by atoms with Crippen molar-refractivity contribution in [2.24, 2.45) is 0 Å². The summed E-state index contributed by atoms with van der Waals surface area (Å²) in [5.74, 6) is -1.75. The van der Waals surface area contributed by atoms with Gasteiger partial charge in [0.05, 0.1) is 23.4 Å². The Bertz CT molecular complexity index is 1320. The summed E-state index contributed by atoms with van der Waals surface area (Å²) >= 11 is 5.82. The van der Waals surface area contributed by atoms with Gasteiger partial charge in [0.15, 0.2) is 5.56 Å². The second kappa shape index (κ2) is 11.8. The molecule has 8 nitrogen and oxygen atoms in total. The van der Waals surface area contributed by atoms with Crippen LogP contribution in [0.1, 0.15) is 65.6 Å². The number of hydrogen-bond acceptors (Lipinski definition) is 6. The topological polar surface area (TPSA) is 97.6 Å². The van der Waals surface area contributed by atoms with E-state index in [-0.39, 0.29) is 36.3 Å². The van der Waals surface area contributed by atoms with E-state index < -0.39 is 34.8 Å². The third-order valence-electron chi connectivity index (χ3n) is 6.66. The van der Waals surface area contributed by atoms with Crippen LogP contribution in [0.2, 0.25) is 5.02 Å². The van der Waals surface area contributed by atoms with Gasteiger partial charge in [0.25, 0.3) is 11.5 Å². The fraction of sp³-hybridized carbons (Fsp3) is 0.407. The van der Waals surface area contributed by atoms with Crippen molar-refractivity contribution in [3.8, 4) is 5.88 Å². The molecule has 2 atom stereocenters. The van der Waals surface area contributed by atoms with E-state index in [1.54, 1.807) is 7.11 Å². The normalized spacial score (nSPS) is 16.2. The number of aromatic hydroxyl groups is 1. The molecule has 1 aromatic carbocycles. The predicted molar refractivity (Wildman–Crippen MR) is 138 cm³/mol. The second-order valence-corrected chi connectivity index (χ2v) is 9.58. The van der Waals surface area contributed by atoms with E-state index in [9.17, 15) is 19.1 Å². The number of nitrogens with zero attached hydrogens (tertiary/aromatic N) is 4. The van der Waals surface area contributed by atoms with Crippen LogP contribution in [-0.4, -0.2) is 57.3 Å². The lowest BCUT2D eigenvalue weighted by atomic mass is 10.0. The smallest absolute Gasteiger partial charge is 0.271 e. The van der Waals surface area contributed by atoms with Crippen molar-refractivity contribution in [1.82, 2.24) is 19.4 Å². The maximum absolute atomic E-state index is 14.4. The first-order valence-electron chi connectivity index (χ1n) is 12.3. The minimum atomic E-state index is -0.646. The predicted octanol–water partition coefficient (Wildman–Crippen LogP) is 4.34. The molecule has 0 aliphatic carbocycles. The number of ether oxygens (including phenoxy) is 1. The highest BCUT2D eigenvalue weighted by molar-refractivity contribution is 6.30. The van der Waals surface area contributed by atoms with Gasteiger partial charge in [0.2, 0.25) is 5.88 Å². The first-order chi connectivity index (χ1) is 17.8. The van der Waals surface area contributed by atoms with Crippen molar-refractivity contribution in [3.05, 3.63) is 86.4 Å². The molecule has 0 saturated carbocycles. The molecular formula is C27H30ClFN4O4. The van der Waals surface area contributed by atoms with E-state index in [1.165, 1.54) is 21.7 Å². The number of benzene rings is 1. The van der Waals surface area contributed by atoms with E-state index in [0.717, 1.165) is 18.4 Å². The van der Waals surface area contributed by atoms with Gasteiger partial charge in [-0.15, -0.1) is 0 Å². The summed E-state index contributed by atoms with van der Waals surface area (Å²) in [6.07, 6.45) is 3.90. The van der Waals surface area contributed by atoms with Gasteiger partial charge in [-0.25, -0.2) is 4.39 Å². The van der Waals surface area contributed by atoms with Crippen LogP contribution in [0.3, 0.4) is 0 Å². The molecule has 2 aromatic heterocycles. The summed E-state index contributed by atoms with van der Waals surface area (Å²) in [4.78, 5) is 37.3. The molecule has 10 heteroatoms. The number of aryl methyl sites for hydroxylation is 1. The molecule has 0 bridgehead atoms. The van der Waals surface area contributed by atoms with E-state index in [2.05, 4.69) is 9.97 Å². The Morgan fingerprint density at radius 1 is 1.32 bits per heavy atom. The quantitative estimate of drug-likeness (QED) is 0.443. The van der Waals surface area contributed by atoms with Crippen LogP contribution in [0.5, 0.6) is 5.88 Å². The van der Waals surface area contributed by atoms with Gasteiger partial charge in [-0.3, -0.25) is 19.1 Å². The molecular weight excluding hydrogens is 499 g/mol. The molecule has 0 radical (unpaired) electrons. The van der Waals surface area contributed by atoms with Gasteiger partial charge in [0.1, 0.15) is 11.6 Å². The number of methoxy groups -OCH3 is 1. The lowest BCUT2D eigenvalue weighted by Gasteiger charge is -2.24. The Hall–Kier alpha value is -3.30. The molecule has 1 unspecified atom stereocenters. The van der Waals surface area contributed by atoms with Crippen LogP contribution in [0, 0.1) is 5.82 Å². The number of carbonyl (C=O) groups is 1. The molecule has 1 saturated heterocycles. The molecule has 1 amide bonds. The monoisotopic (exact) mass is 528 g/mol. The fourth-order valence-electron chi connectivity index (χ4n) is 4.79. The number of hydrogen-bond donors (Lipinski definition) is 1. The number of amides is 1. The Labute approximate surface area is 219 Å². The average molecular weight is 529 g/mol. The Morgan fingerprint density at radius 2 is 2.08 bits per heavy atom. The van der Waals surface area contributed by atoms with Crippen molar-refractivity contribution in [1.29, 1.82) is 0 Å². The summed E-state index contributed by atoms with van der Waals surface area (Å²) in [5.41, 5.74) is 0.00967. The van der Waals surface area contributed by atoms with Gasteiger partial charge in [-0.2, -0.15) is 4.98 Å². The fourth-order valence-corrected chi connectivity index (χ4v) is 4.93. The zero-order chi connectivity index (χ0) is 26.5. The first-order valence-corrected chi connectivity index (χ1v) is 12.7. The van der Waals surface area contributed by atoms with Crippen molar-refractivity contribution < 1.29 is 19.0 Å². The molecule has 1 aliphatic rings. The van der Waals surface area contributed by atoms with Crippen molar-refractivity contribution in [2.45, 2.75) is 44.6 Å². The molecule has 1 aliphatic heterocycles. The molecule has 196 valence electrons. The maximum Gasteiger partial charge on any atom is 0.271 e. The zero-order valence-corrected chi connectivity index (χ0v) is 21.6. The lowest BCUT2D eigenvalue weighted by Crippen LogP contribution is -2.39. The van der Waals surface area contributed by atoms with Crippen molar-refractivity contribution >= 4 is 17.5 Å². The summed E-state index contributed by atoms with van der Waals surface area (Å²) in [6, 6.07) is 10.0. The van der Waals surface area contributed by atoms with Crippen LogP contribution in [-0.2, 0) is 11.2 Å². The zero-order valence-electron chi connectivity index (χ0n) is 20.9. The van der Waals surface area contributed by atoms with Gasteiger partial charge in [-0.05, 0) is 24.5 Å². The van der Waals surface area contributed by atoms with Gasteiger partial charge in [-0.1, -0.05) is 55.3 Å². The van der Waals surface area contributed by atoms with Gasteiger partial charge >= 0.3 is 0 Å². The number of carbonyl (C=O) groups excluding carboxylic acids is 1. The lowest BCUT2D eigenvalue weighted by molar-refractivity contribution is 0.0782. The molecule has 1 N–H and O–H groups in total. The molecule has 3 aromatic rings. The SMILES string of the molecule is CCCCc1nc(O)c(C(=O)N2CCC(c3ncc(Cl)cc3F)C2)c(=O)n1[C@@H](COC)c1ccccc1. The van der Waals surface area contributed by atoms with E-state index >= 15 is 0 Å². The summed E-state index contributed by atoms with van der Waals surface area (Å²) in [5, 5.41) is 11.0. The second-order valence-electron chi connectivity index (χ2n) is 9.14. The van der Waals surface area contributed by atoms with E-state index in [0.29, 0.717) is 18.7 Å². The molecule has 37 heavy (non-hydrogen) atoms. The third kappa shape index (κ3) is 5.67. The number of rotatable bonds is 9. The number of halogens is 2. The molecule has 1 fully saturated rings. The van der Waals surface area contributed by atoms with Crippen LogP contribution in [0.4, 0.5) is 4.39 Å². The first kappa shape index (κ1) is 26.8. The van der Waals surface area contributed by atoms with Crippen molar-refractivity contribution in [2.75, 3.05) is 26.8 Å². The minimum Gasteiger partial charge on any atom is -0.493 e. The third-order valence-corrected chi connectivity index (χ3v) is 6.86. The highest BCUT2D eigenvalue weighted by Gasteiger charge is 2.35. The summed E-state index contributed by atoms with van der Waals surface area (Å²) < 4.78 is 21.3. The van der Waals surface area contributed by atoms with Gasteiger partial charge in [0, 0.05) is 38.7 Å². The van der Waals surface area contributed by atoms with Crippen LogP contribution in [0.15, 0.2) is 47.4 Å². The number of likely N-dealkylation sites (tertiary alicyclic amines) is 1. The maximum atomic E-state index is 14.4. The largest absolute Gasteiger partial charge is 0.493 e. The summed E-state index contributed by atoms with van der Waals surface area (Å²) in [6.45, 7) is 2.63. The Morgan fingerprint density at radius 3 is 2.76 bits per heavy atom. The number of aromatic nitrogens is 3. The van der Waals surface area contributed by atoms with Crippen LogP contribution >= 0.6 is 11.6 Å². The summed E-state index contributed by atoms with van der Waals surface area (Å²) in [7, 11) is 1.54. The van der Waals surface area contributed by atoms with E-state index in [1.807, 2.05) is 37.3 Å². The molecule has 3 heterocycles. The molecule has 0 spiro atoms. The van der Waals surface area contributed by atoms with Gasteiger partial charge < -0.3 is 14.7 Å². The minimum absolute atomic E-state index is 0.154. The van der Waals surface area contributed by atoms with E-state index in [4.69, 9.17) is 16.3 Å². The standard InChI is InChI=1S/C27H30ClFN4O4/c1-3-4-10-22-31-25(34)23(27(36)33(22)21(16-37-2)17-8-6-5-7-9-17)26(35)32-12-11-18(15-32)24-20(29)13-19(28)14-30-24/h5-9,13-14,18,21,34H,3-4,10-12,15-16H2,1-2H3/t18?,21-/m0/s1. The Kier molecular flexibility index (Phi) is 8.56. The molecule has 4 rings (SSSR count).